The maximum absolute atomic E-state index is 6.10. The summed E-state index contributed by atoms with van der Waals surface area (Å²) in [5.74, 6) is 1.66. The molecule has 17 heavy (non-hydrogen) atoms. The third kappa shape index (κ3) is 2.10. The van der Waals surface area contributed by atoms with Gasteiger partial charge in [-0.3, -0.25) is 0 Å². The first-order chi connectivity index (χ1) is 8.34. The smallest absolute Gasteiger partial charge is 0.161 e. The van der Waals surface area contributed by atoms with Crippen LogP contribution in [0.3, 0.4) is 0 Å². The SMILES string of the molecule is NC1COCCc2cc3c(cc21)OCCCO3. The largest absolute Gasteiger partial charge is 0.490 e. The summed E-state index contributed by atoms with van der Waals surface area (Å²) in [6, 6.07) is 4.02. The van der Waals surface area contributed by atoms with Gasteiger partial charge in [0.2, 0.25) is 0 Å². The van der Waals surface area contributed by atoms with Crippen LogP contribution in [0.15, 0.2) is 12.1 Å². The highest BCUT2D eigenvalue weighted by Crippen LogP contribution is 2.35. The summed E-state index contributed by atoms with van der Waals surface area (Å²) >= 11 is 0. The molecule has 3 rings (SSSR count). The van der Waals surface area contributed by atoms with Crippen molar-refractivity contribution in [3.8, 4) is 11.5 Å². The van der Waals surface area contributed by atoms with Crippen LogP contribution in [-0.4, -0.2) is 26.4 Å². The molecule has 0 fully saturated rings. The second-order valence-electron chi connectivity index (χ2n) is 4.48. The summed E-state index contributed by atoms with van der Waals surface area (Å²) in [4.78, 5) is 0. The Bertz CT molecular complexity index is 419. The Morgan fingerprint density at radius 1 is 1.06 bits per heavy atom. The van der Waals surface area contributed by atoms with Crippen LogP contribution in [0.5, 0.6) is 11.5 Å². The fourth-order valence-corrected chi connectivity index (χ4v) is 2.31. The molecule has 4 heteroatoms. The fourth-order valence-electron chi connectivity index (χ4n) is 2.31. The lowest BCUT2D eigenvalue weighted by atomic mass is 9.99. The zero-order chi connectivity index (χ0) is 11.7. The van der Waals surface area contributed by atoms with Crippen molar-refractivity contribution in [1.82, 2.24) is 0 Å². The second kappa shape index (κ2) is 4.55. The Hall–Kier alpha value is -1.26. The molecule has 1 unspecified atom stereocenters. The molecule has 0 radical (unpaired) electrons. The van der Waals surface area contributed by atoms with Crippen molar-refractivity contribution in [2.45, 2.75) is 18.9 Å². The van der Waals surface area contributed by atoms with Gasteiger partial charge in [0.25, 0.3) is 0 Å². The number of benzene rings is 1. The maximum Gasteiger partial charge on any atom is 0.161 e. The van der Waals surface area contributed by atoms with E-state index in [4.69, 9.17) is 19.9 Å². The molecule has 0 saturated carbocycles. The zero-order valence-electron chi connectivity index (χ0n) is 9.78. The van der Waals surface area contributed by atoms with Gasteiger partial charge in [-0.05, 0) is 29.7 Å². The highest BCUT2D eigenvalue weighted by Gasteiger charge is 2.20. The van der Waals surface area contributed by atoms with Gasteiger partial charge in [-0.25, -0.2) is 0 Å². The van der Waals surface area contributed by atoms with Gasteiger partial charge >= 0.3 is 0 Å². The van der Waals surface area contributed by atoms with E-state index in [2.05, 4.69) is 6.07 Å². The monoisotopic (exact) mass is 235 g/mol. The highest BCUT2D eigenvalue weighted by molar-refractivity contribution is 5.49. The van der Waals surface area contributed by atoms with Gasteiger partial charge in [-0.15, -0.1) is 0 Å². The normalized spacial score (nSPS) is 23.5. The van der Waals surface area contributed by atoms with Gasteiger partial charge in [-0.2, -0.15) is 0 Å². The summed E-state index contributed by atoms with van der Waals surface area (Å²) in [7, 11) is 0. The van der Waals surface area contributed by atoms with Crippen LogP contribution in [0.4, 0.5) is 0 Å². The van der Waals surface area contributed by atoms with Crippen LogP contribution in [0.25, 0.3) is 0 Å². The lowest BCUT2D eigenvalue weighted by Crippen LogP contribution is -2.16. The van der Waals surface area contributed by atoms with E-state index in [1.165, 1.54) is 5.56 Å². The number of nitrogens with two attached hydrogens (primary N) is 1. The molecule has 2 aliphatic rings. The summed E-state index contributed by atoms with van der Waals surface area (Å²) in [6.07, 6.45) is 1.81. The van der Waals surface area contributed by atoms with Gasteiger partial charge in [0.15, 0.2) is 11.5 Å². The van der Waals surface area contributed by atoms with Gasteiger partial charge in [0.05, 0.1) is 32.5 Å². The Kier molecular flexibility index (Phi) is 2.91. The molecule has 4 nitrogen and oxygen atoms in total. The Labute approximate surface area is 101 Å². The summed E-state index contributed by atoms with van der Waals surface area (Å²) in [5.41, 5.74) is 8.45. The van der Waals surface area contributed by atoms with Crippen molar-refractivity contribution in [3.63, 3.8) is 0 Å². The first kappa shape index (κ1) is 10.9. The molecule has 0 amide bonds. The van der Waals surface area contributed by atoms with Crippen molar-refractivity contribution in [2.24, 2.45) is 5.73 Å². The average molecular weight is 235 g/mol. The third-order valence-corrected chi connectivity index (χ3v) is 3.22. The number of hydrogen-bond donors (Lipinski definition) is 1. The highest BCUT2D eigenvalue weighted by atomic mass is 16.5. The van der Waals surface area contributed by atoms with Crippen LogP contribution >= 0.6 is 0 Å². The van der Waals surface area contributed by atoms with E-state index in [9.17, 15) is 0 Å². The molecule has 0 aromatic heterocycles. The molecule has 1 aromatic rings. The Balaban J connectivity index is 2.03. The fraction of sp³-hybridized carbons (Fsp3) is 0.538. The second-order valence-corrected chi connectivity index (χ2v) is 4.48. The number of ether oxygens (including phenoxy) is 3. The van der Waals surface area contributed by atoms with Crippen LogP contribution < -0.4 is 15.2 Å². The van der Waals surface area contributed by atoms with Gasteiger partial charge in [0, 0.05) is 6.42 Å². The van der Waals surface area contributed by atoms with E-state index in [0.29, 0.717) is 19.8 Å². The van der Waals surface area contributed by atoms with Crippen LogP contribution in [0.1, 0.15) is 23.6 Å². The molecule has 1 atom stereocenters. The van der Waals surface area contributed by atoms with Crippen LogP contribution in [0, 0.1) is 0 Å². The predicted octanol–water partition coefficient (Wildman–Crippen LogP) is 1.42. The van der Waals surface area contributed by atoms with Crippen molar-refractivity contribution >= 4 is 0 Å². The van der Waals surface area contributed by atoms with Gasteiger partial charge in [0.1, 0.15) is 0 Å². The molecule has 0 aliphatic carbocycles. The van der Waals surface area contributed by atoms with E-state index in [-0.39, 0.29) is 6.04 Å². The molecule has 2 aliphatic heterocycles. The molecule has 2 N–H and O–H groups in total. The quantitative estimate of drug-likeness (QED) is 0.739. The van der Waals surface area contributed by atoms with Crippen LogP contribution in [-0.2, 0) is 11.2 Å². The number of fused-ring (bicyclic) bond motifs is 2. The first-order valence-corrected chi connectivity index (χ1v) is 6.10. The minimum atomic E-state index is -0.0651. The number of hydrogen-bond acceptors (Lipinski definition) is 4. The average Bonchev–Trinajstić information content (AvgIpc) is 2.66. The molecule has 2 heterocycles. The van der Waals surface area contributed by atoms with E-state index >= 15 is 0 Å². The van der Waals surface area contributed by atoms with E-state index < -0.39 is 0 Å². The van der Waals surface area contributed by atoms with E-state index in [1.54, 1.807) is 0 Å². The number of rotatable bonds is 0. The Morgan fingerprint density at radius 3 is 2.65 bits per heavy atom. The van der Waals surface area contributed by atoms with E-state index in [0.717, 1.165) is 36.5 Å². The van der Waals surface area contributed by atoms with Gasteiger partial charge in [-0.1, -0.05) is 0 Å². The summed E-state index contributed by atoms with van der Waals surface area (Å²) in [5, 5.41) is 0. The molecular weight excluding hydrogens is 218 g/mol. The Morgan fingerprint density at radius 2 is 1.82 bits per heavy atom. The maximum atomic E-state index is 6.10. The lowest BCUT2D eigenvalue weighted by Gasteiger charge is -2.15. The zero-order valence-corrected chi connectivity index (χ0v) is 9.78. The first-order valence-electron chi connectivity index (χ1n) is 6.10. The molecular formula is C13H17NO3. The van der Waals surface area contributed by atoms with E-state index in [1.807, 2.05) is 6.07 Å². The lowest BCUT2D eigenvalue weighted by molar-refractivity contribution is 0.131. The van der Waals surface area contributed by atoms with Crippen molar-refractivity contribution in [2.75, 3.05) is 26.4 Å². The van der Waals surface area contributed by atoms with Crippen molar-refractivity contribution < 1.29 is 14.2 Å². The van der Waals surface area contributed by atoms with Crippen LogP contribution in [0.2, 0.25) is 0 Å². The third-order valence-electron chi connectivity index (χ3n) is 3.22. The molecule has 0 bridgehead atoms. The van der Waals surface area contributed by atoms with Crippen molar-refractivity contribution in [3.05, 3.63) is 23.3 Å². The standard InChI is InChI=1S/C13H17NO3/c14-11-8-15-5-2-9-6-12-13(7-10(9)11)17-4-1-3-16-12/h6-7,11H,1-5,8,14H2. The summed E-state index contributed by atoms with van der Waals surface area (Å²) < 4.78 is 16.8. The minimum absolute atomic E-state index is 0.0651. The van der Waals surface area contributed by atoms with Crippen molar-refractivity contribution in [1.29, 1.82) is 0 Å². The molecule has 92 valence electrons. The minimum Gasteiger partial charge on any atom is -0.490 e. The molecule has 1 aromatic carbocycles. The molecule has 0 spiro atoms. The van der Waals surface area contributed by atoms with Gasteiger partial charge < -0.3 is 19.9 Å². The topological polar surface area (TPSA) is 53.7 Å². The predicted molar refractivity (Wildman–Crippen MR) is 63.5 cm³/mol. The summed E-state index contributed by atoms with van der Waals surface area (Å²) in [6.45, 7) is 2.72. The molecule has 0 saturated heterocycles.